The quantitative estimate of drug-likeness (QED) is 0.262. The van der Waals surface area contributed by atoms with Crippen molar-refractivity contribution in [2.75, 3.05) is 31.2 Å². The summed E-state index contributed by atoms with van der Waals surface area (Å²) in [5.41, 5.74) is 1.70. The highest BCUT2D eigenvalue weighted by Crippen LogP contribution is 2.59. The van der Waals surface area contributed by atoms with Gasteiger partial charge in [-0.05, 0) is 57.6 Å². The van der Waals surface area contributed by atoms with Crippen LogP contribution in [0.5, 0.6) is 0 Å². The van der Waals surface area contributed by atoms with Gasteiger partial charge in [-0.3, -0.25) is 14.4 Å². The summed E-state index contributed by atoms with van der Waals surface area (Å²) in [5.74, 6) is -2.22. The van der Waals surface area contributed by atoms with Crippen molar-refractivity contribution in [3.05, 3.63) is 42.0 Å². The van der Waals surface area contributed by atoms with E-state index in [-0.39, 0.29) is 25.0 Å². The van der Waals surface area contributed by atoms with Crippen molar-refractivity contribution in [3.8, 4) is 0 Å². The largest absolute Gasteiger partial charge is 0.466 e. The molecule has 8 heteroatoms. The zero-order valence-electron chi connectivity index (χ0n) is 22.3. The second-order valence-electron chi connectivity index (χ2n) is 10.5. The summed E-state index contributed by atoms with van der Waals surface area (Å²) in [7, 11) is 0. The van der Waals surface area contributed by atoms with Gasteiger partial charge in [-0.1, -0.05) is 37.1 Å². The summed E-state index contributed by atoms with van der Waals surface area (Å²) >= 11 is 0. The van der Waals surface area contributed by atoms with E-state index in [2.05, 4.69) is 6.58 Å². The molecule has 2 bridgehead atoms. The van der Waals surface area contributed by atoms with Gasteiger partial charge in [0.2, 0.25) is 5.91 Å². The maximum Gasteiger partial charge on any atom is 0.312 e. The first-order valence-corrected chi connectivity index (χ1v) is 13.6. The molecule has 3 saturated heterocycles. The normalized spacial score (nSPS) is 27.9. The van der Waals surface area contributed by atoms with Crippen LogP contribution in [-0.4, -0.2) is 71.8 Å². The predicted molar refractivity (Wildman–Crippen MR) is 140 cm³/mol. The Labute approximate surface area is 219 Å². The maximum absolute atomic E-state index is 14.5. The summed E-state index contributed by atoms with van der Waals surface area (Å²) in [4.78, 5) is 44.9. The number of carbonyl (C=O) groups is 3. The number of nitrogens with zero attached hydrogens (tertiary/aromatic N) is 2. The molecule has 0 aromatic heterocycles. The second-order valence-corrected chi connectivity index (χ2v) is 10.5. The van der Waals surface area contributed by atoms with Gasteiger partial charge in [-0.2, -0.15) is 0 Å². The Balaban J connectivity index is 1.73. The zero-order chi connectivity index (χ0) is 26.7. The molecule has 37 heavy (non-hydrogen) atoms. The Bertz CT molecular complexity index is 1020. The lowest BCUT2D eigenvalue weighted by Gasteiger charge is -2.37. The number of aliphatic hydroxyl groups is 1. The molecular weight excluding hydrogens is 472 g/mol. The third kappa shape index (κ3) is 4.70. The van der Waals surface area contributed by atoms with Gasteiger partial charge >= 0.3 is 5.97 Å². The Morgan fingerprint density at radius 3 is 2.59 bits per heavy atom. The number of aliphatic hydroxyl groups excluding tert-OH is 1. The lowest BCUT2D eigenvalue weighted by atomic mass is 9.70. The molecule has 3 aliphatic heterocycles. The zero-order valence-corrected chi connectivity index (χ0v) is 22.3. The third-order valence-electron chi connectivity index (χ3n) is 8.19. The molecule has 1 N–H and O–H groups in total. The molecule has 3 fully saturated rings. The second kappa shape index (κ2) is 11.4. The molecule has 5 atom stereocenters. The SMILES string of the molecule is C=CCN(C(=O)C1N(CCCCCCO)C(=O)[C@@H]2[C@@H](C(=O)OCC)[C@H]3CCC12O3)c1c(C)cccc1C. The van der Waals surface area contributed by atoms with Gasteiger partial charge in [0, 0.05) is 25.4 Å². The van der Waals surface area contributed by atoms with Crippen LogP contribution in [-0.2, 0) is 23.9 Å². The Hall–Kier alpha value is -2.71. The third-order valence-corrected chi connectivity index (χ3v) is 8.19. The Morgan fingerprint density at radius 1 is 1.24 bits per heavy atom. The van der Waals surface area contributed by atoms with E-state index in [9.17, 15) is 14.4 Å². The van der Waals surface area contributed by atoms with Gasteiger partial charge in [0.05, 0.1) is 24.5 Å². The van der Waals surface area contributed by atoms with Gasteiger partial charge < -0.3 is 24.4 Å². The fraction of sp³-hybridized carbons (Fsp3) is 0.621. The molecule has 2 amide bonds. The standard InChI is InChI=1S/C29H40N2O6/c1-5-16-30(24-19(3)12-11-13-20(24)4)27(34)25-29-15-14-21(37-29)22(28(35)36-6-2)23(29)26(33)31(25)17-9-7-8-10-18-32/h5,11-13,21-23,25,32H,1,6-10,14-18H2,2-4H3/t21-,22+,23+,25?,29?/m1/s1. The highest BCUT2D eigenvalue weighted by atomic mass is 16.6. The van der Waals surface area contributed by atoms with E-state index in [0.29, 0.717) is 38.8 Å². The maximum atomic E-state index is 14.5. The van der Waals surface area contributed by atoms with Crippen molar-refractivity contribution in [2.24, 2.45) is 11.8 Å². The average molecular weight is 513 g/mol. The number of para-hydroxylation sites is 1. The summed E-state index contributed by atoms with van der Waals surface area (Å²) in [6.45, 7) is 10.6. The van der Waals surface area contributed by atoms with Crippen LogP contribution in [0.1, 0.15) is 56.6 Å². The van der Waals surface area contributed by atoms with E-state index in [0.717, 1.165) is 29.7 Å². The first kappa shape index (κ1) is 27.3. The number of aryl methyl sites for hydroxylation is 2. The number of ether oxygens (including phenoxy) is 2. The predicted octanol–water partition coefficient (Wildman–Crippen LogP) is 3.31. The number of anilines is 1. The van der Waals surface area contributed by atoms with Crippen molar-refractivity contribution >= 4 is 23.5 Å². The molecule has 3 heterocycles. The molecule has 4 rings (SSSR count). The first-order chi connectivity index (χ1) is 17.8. The number of benzene rings is 1. The molecule has 0 radical (unpaired) electrons. The van der Waals surface area contributed by atoms with E-state index >= 15 is 0 Å². The topological polar surface area (TPSA) is 96.4 Å². The Kier molecular flexibility index (Phi) is 8.39. The van der Waals surface area contributed by atoms with Crippen LogP contribution < -0.4 is 4.90 Å². The van der Waals surface area contributed by atoms with E-state index < -0.39 is 35.6 Å². The lowest BCUT2D eigenvalue weighted by Crippen LogP contribution is -2.56. The minimum Gasteiger partial charge on any atom is -0.466 e. The summed E-state index contributed by atoms with van der Waals surface area (Å²) in [5, 5.41) is 9.12. The van der Waals surface area contributed by atoms with E-state index in [1.807, 2.05) is 32.0 Å². The minimum absolute atomic E-state index is 0.137. The number of hydrogen-bond donors (Lipinski definition) is 1. The molecule has 0 saturated carbocycles. The average Bonchev–Trinajstić information content (AvgIpc) is 3.50. The van der Waals surface area contributed by atoms with Crippen molar-refractivity contribution in [2.45, 2.75) is 77.0 Å². The number of rotatable bonds is 12. The van der Waals surface area contributed by atoms with Gasteiger partial charge in [-0.15, -0.1) is 6.58 Å². The van der Waals surface area contributed by atoms with Gasteiger partial charge in [0.25, 0.3) is 5.91 Å². The lowest BCUT2D eigenvalue weighted by molar-refractivity contribution is -0.154. The molecule has 1 aromatic rings. The fourth-order valence-electron chi connectivity index (χ4n) is 6.73. The van der Waals surface area contributed by atoms with Crippen molar-refractivity contribution < 1.29 is 29.0 Å². The fourth-order valence-corrected chi connectivity index (χ4v) is 6.73. The summed E-state index contributed by atoms with van der Waals surface area (Å²) in [6.07, 6.45) is 5.55. The van der Waals surface area contributed by atoms with Crippen molar-refractivity contribution in [3.63, 3.8) is 0 Å². The van der Waals surface area contributed by atoms with Crippen molar-refractivity contribution in [1.82, 2.24) is 4.90 Å². The first-order valence-electron chi connectivity index (χ1n) is 13.6. The molecular formula is C29H40N2O6. The number of amides is 2. The number of fused-ring (bicyclic) bond motifs is 1. The molecule has 0 aliphatic carbocycles. The molecule has 8 nitrogen and oxygen atoms in total. The number of esters is 1. The number of likely N-dealkylation sites (tertiary alicyclic amines) is 1. The highest BCUT2D eigenvalue weighted by Gasteiger charge is 2.75. The molecule has 1 spiro atoms. The van der Waals surface area contributed by atoms with Crippen LogP contribution in [0.15, 0.2) is 30.9 Å². The summed E-state index contributed by atoms with van der Waals surface area (Å²) in [6, 6.07) is 5.08. The molecule has 3 aliphatic rings. The number of carbonyl (C=O) groups excluding carboxylic acids is 3. The van der Waals surface area contributed by atoms with E-state index in [1.54, 1.807) is 22.8 Å². The molecule has 1 aromatic carbocycles. The summed E-state index contributed by atoms with van der Waals surface area (Å²) < 4.78 is 11.9. The highest BCUT2D eigenvalue weighted by molar-refractivity contribution is 6.05. The van der Waals surface area contributed by atoms with Crippen LogP contribution in [0.3, 0.4) is 0 Å². The molecule has 202 valence electrons. The minimum atomic E-state index is -1.04. The Morgan fingerprint density at radius 2 is 1.95 bits per heavy atom. The monoisotopic (exact) mass is 512 g/mol. The van der Waals surface area contributed by atoms with Crippen molar-refractivity contribution in [1.29, 1.82) is 0 Å². The van der Waals surface area contributed by atoms with Crippen LogP contribution in [0.4, 0.5) is 5.69 Å². The van der Waals surface area contributed by atoms with Crippen LogP contribution in [0, 0.1) is 25.7 Å². The van der Waals surface area contributed by atoms with E-state index in [1.165, 1.54) is 0 Å². The van der Waals surface area contributed by atoms with Gasteiger partial charge in [0.15, 0.2) is 0 Å². The smallest absolute Gasteiger partial charge is 0.312 e. The molecule has 2 unspecified atom stereocenters. The van der Waals surface area contributed by atoms with E-state index in [4.69, 9.17) is 14.6 Å². The van der Waals surface area contributed by atoms with Gasteiger partial charge in [-0.25, -0.2) is 0 Å². The number of unbranched alkanes of at least 4 members (excludes halogenated alkanes) is 3. The van der Waals surface area contributed by atoms with Crippen LogP contribution in [0.2, 0.25) is 0 Å². The van der Waals surface area contributed by atoms with Crippen LogP contribution in [0.25, 0.3) is 0 Å². The van der Waals surface area contributed by atoms with Gasteiger partial charge in [0.1, 0.15) is 11.6 Å². The van der Waals surface area contributed by atoms with Crippen LogP contribution >= 0.6 is 0 Å². The number of hydrogen-bond acceptors (Lipinski definition) is 6.